The Morgan fingerprint density at radius 2 is 2.04 bits per heavy atom. The van der Waals surface area contributed by atoms with Crippen LogP contribution in [0.3, 0.4) is 0 Å². The number of non-ortho nitro benzene ring substituents is 1. The van der Waals surface area contributed by atoms with Crippen LogP contribution in [0.5, 0.6) is 0 Å². The van der Waals surface area contributed by atoms with Crippen molar-refractivity contribution in [1.82, 2.24) is 9.78 Å². The van der Waals surface area contributed by atoms with Crippen molar-refractivity contribution in [3.8, 4) is 11.8 Å². The summed E-state index contributed by atoms with van der Waals surface area (Å²) in [7, 11) is 0. The summed E-state index contributed by atoms with van der Waals surface area (Å²) in [6.45, 7) is 1.43. The van der Waals surface area contributed by atoms with Crippen LogP contribution in [-0.2, 0) is 11.3 Å². The Labute approximate surface area is 159 Å². The third kappa shape index (κ3) is 3.52. The SMILES string of the molecule is Cc1nn(-c2ccccc2)c(COC(=O)c2cc([N+](=O)[O-])ccc2N)c1C#N. The van der Waals surface area contributed by atoms with Gasteiger partial charge < -0.3 is 10.5 Å². The van der Waals surface area contributed by atoms with Gasteiger partial charge in [-0.3, -0.25) is 10.1 Å². The Morgan fingerprint density at radius 3 is 2.68 bits per heavy atom. The van der Waals surface area contributed by atoms with Crippen molar-refractivity contribution in [2.45, 2.75) is 13.5 Å². The highest BCUT2D eigenvalue weighted by Gasteiger charge is 2.21. The fraction of sp³-hybridized carbons (Fsp3) is 0.105. The summed E-state index contributed by atoms with van der Waals surface area (Å²) in [6, 6.07) is 14.7. The minimum absolute atomic E-state index is 0.0591. The van der Waals surface area contributed by atoms with Crippen LogP contribution in [0.15, 0.2) is 48.5 Å². The van der Waals surface area contributed by atoms with E-state index in [1.807, 2.05) is 18.2 Å². The molecule has 0 saturated carbocycles. The molecule has 0 unspecified atom stereocenters. The van der Waals surface area contributed by atoms with Crippen LogP contribution < -0.4 is 5.73 Å². The number of nitro benzene ring substituents is 1. The fourth-order valence-corrected chi connectivity index (χ4v) is 2.68. The second-order valence-electron chi connectivity index (χ2n) is 5.87. The van der Waals surface area contributed by atoms with E-state index in [0.29, 0.717) is 22.6 Å². The molecule has 0 amide bonds. The summed E-state index contributed by atoms with van der Waals surface area (Å²) in [5.41, 5.74) is 7.30. The van der Waals surface area contributed by atoms with Gasteiger partial charge in [-0.25, -0.2) is 9.48 Å². The van der Waals surface area contributed by atoms with Gasteiger partial charge in [-0.15, -0.1) is 0 Å². The van der Waals surface area contributed by atoms with Gasteiger partial charge in [0.25, 0.3) is 5.69 Å². The molecule has 0 aliphatic rings. The van der Waals surface area contributed by atoms with Gasteiger partial charge in [-0.1, -0.05) is 18.2 Å². The van der Waals surface area contributed by atoms with E-state index in [0.717, 1.165) is 6.07 Å². The van der Waals surface area contributed by atoms with Crippen molar-refractivity contribution in [2.24, 2.45) is 0 Å². The van der Waals surface area contributed by atoms with E-state index in [-0.39, 0.29) is 23.5 Å². The van der Waals surface area contributed by atoms with E-state index in [4.69, 9.17) is 10.5 Å². The van der Waals surface area contributed by atoms with Crippen LogP contribution in [0.25, 0.3) is 5.69 Å². The molecule has 9 heteroatoms. The molecular weight excluding hydrogens is 362 g/mol. The average Bonchev–Trinajstić information content (AvgIpc) is 3.02. The van der Waals surface area contributed by atoms with Gasteiger partial charge in [0.05, 0.1) is 27.6 Å². The number of para-hydroxylation sites is 1. The van der Waals surface area contributed by atoms with Gasteiger partial charge in [-0.2, -0.15) is 10.4 Å². The lowest BCUT2D eigenvalue weighted by Gasteiger charge is -2.10. The zero-order valence-electron chi connectivity index (χ0n) is 14.8. The van der Waals surface area contributed by atoms with E-state index < -0.39 is 10.9 Å². The largest absolute Gasteiger partial charge is 0.455 e. The lowest BCUT2D eigenvalue weighted by Crippen LogP contribution is -2.12. The zero-order chi connectivity index (χ0) is 20.3. The number of ether oxygens (including phenoxy) is 1. The summed E-state index contributed by atoms with van der Waals surface area (Å²) in [4.78, 5) is 22.7. The number of carbonyl (C=O) groups excluding carboxylic acids is 1. The fourth-order valence-electron chi connectivity index (χ4n) is 2.68. The molecule has 2 N–H and O–H groups in total. The minimum Gasteiger partial charge on any atom is -0.455 e. The Bertz CT molecular complexity index is 1100. The number of anilines is 1. The average molecular weight is 377 g/mol. The highest BCUT2D eigenvalue weighted by atomic mass is 16.6. The monoisotopic (exact) mass is 377 g/mol. The summed E-state index contributed by atoms with van der Waals surface area (Å²) in [5, 5.41) is 24.7. The number of nitrogens with two attached hydrogens (primary N) is 1. The first-order valence-electron chi connectivity index (χ1n) is 8.17. The van der Waals surface area contributed by atoms with E-state index in [9.17, 15) is 20.2 Å². The maximum atomic E-state index is 12.4. The molecule has 1 heterocycles. The normalized spacial score (nSPS) is 10.3. The second kappa shape index (κ2) is 7.59. The first kappa shape index (κ1) is 18.6. The highest BCUT2D eigenvalue weighted by molar-refractivity contribution is 5.95. The number of carbonyl (C=O) groups is 1. The molecule has 9 nitrogen and oxygen atoms in total. The Hall–Kier alpha value is -4.19. The lowest BCUT2D eigenvalue weighted by molar-refractivity contribution is -0.384. The third-order valence-corrected chi connectivity index (χ3v) is 4.08. The number of rotatable bonds is 5. The number of nitro groups is 1. The number of nitrogens with zero attached hydrogens (tertiary/aromatic N) is 4. The van der Waals surface area contributed by atoms with Crippen LogP contribution in [0.4, 0.5) is 11.4 Å². The topological polar surface area (TPSA) is 137 Å². The minimum atomic E-state index is -0.830. The van der Waals surface area contributed by atoms with Gasteiger partial charge in [0.1, 0.15) is 18.2 Å². The first-order chi connectivity index (χ1) is 13.4. The molecule has 0 aliphatic heterocycles. The van der Waals surface area contributed by atoms with Crippen molar-refractivity contribution in [3.63, 3.8) is 0 Å². The smallest absolute Gasteiger partial charge is 0.340 e. The molecule has 2 aromatic carbocycles. The van der Waals surface area contributed by atoms with Crippen LogP contribution >= 0.6 is 0 Å². The molecule has 28 heavy (non-hydrogen) atoms. The van der Waals surface area contributed by atoms with Crippen LogP contribution in [0, 0.1) is 28.4 Å². The maximum Gasteiger partial charge on any atom is 0.340 e. The first-order valence-corrected chi connectivity index (χ1v) is 8.17. The van der Waals surface area contributed by atoms with Crippen molar-refractivity contribution in [3.05, 3.63) is 81.2 Å². The standard InChI is InChI=1S/C19H15N5O4/c1-12-16(10-20)18(23(22-12)13-5-3-2-4-6-13)11-28-19(25)15-9-14(24(26)27)7-8-17(15)21/h2-9H,11,21H2,1H3. The summed E-state index contributed by atoms with van der Waals surface area (Å²) in [6.07, 6.45) is 0. The lowest BCUT2D eigenvalue weighted by atomic mass is 10.1. The van der Waals surface area contributed by atoms with Gasteiger partial charge in [0, 0.05) is 17.8 Å². The molecule has 0 saturated heterocycles. The number of nitriles is 1. The summed E-state index contributed by atoms with van der Waals surface area (Å²) in [5.74, 6) is -0.830. The summed E-state index contributed by atoms with van der Waals surface area (Å²) >= 11 is 0. The van der Waals surface area contributed by atoms with E-state index in [1.165, 1.54) is 16.8 Å². The van der Waals surface area contributed by atoms with Gasteiger partial charge in [-0.05, 0) is 25.1 Å². The predicted octanol–water partition coefficient (Wildman–Crippen LogP) is 2.90. The van der Waals surface area contributed by atoms with E-state index >= 15 is 0 Å². The quantitative estimate of drug-likeness (QED) is 0.312. The van der Waals surface area contributed by atoms with E-state index in [1.54, 1.807) is 19.1 Å². The number of esters is 1. The van der Waals surface area contributed by atoms with Crippen molar-refractivity contribution < 1.29 is 14.5 Å². The highest BCUT2D eigenvalue weighted by Crippen LogP contribution is 2.23. The molecule has 0 spiro atoms. The predicted molar refractivity (Wildman–Crippen MR) is 99.6 cm³/mol. The number of aryl methyl sites for hydroxylation is 1. The zero-order valence-corrected chi connectivity index (χ0v) is 14.8. The van der Waals surface area contributed by atoms with Crippen LogP contribution in [0.2, 0.25) is 0 Å². The third-order valence-electron chi connectivity index (χ3n) is 4.08. The molecule has 0 radical (unpaired) electrons. The van der Waals surface area contributed by atoms with Crippen molar-refractivity contribution >= 4 is 17.3 Å². The number of benzene rings is 2. The molecule has 0 aliphatic carbocycles. The van der Waals surface area contributed by atoms with Gasteiger partial charge >= 0.3 is 5.97 Å². The van der Waals surface area contributed by atoms with E-state index in [2.05, 4.69) is 11.2 Å². The molecule has 140 valence electrons. The molecule has 0 fully saturated rings. The maximum absolute atomic E-state index is 12.4. The van der Waals surface area contributed by atoms with Crippen LogP contribution in [-0.4, -0.2) is 20.7 Å². The number of hydrogen-bond acceptors (Lipinski definition) is 7. The van der Waals surface area contributed by atoms with Crippen molar-refractivity contribution in [1.29, 1.82) is 5.26 Å². The molecule has 3 rings (SSSR count). The Morgan fingerprint density at radius 1 is 1.32 bits per heavy atom. The van der Waals surface area contributed by atoms with Gasteiger partial charge in [0.2, 0.25) is 0 Å². The Kier molecular flexibility index (Phi) is 5.04. The molecule has 1 aromatic heterocycles. The molecule has 3 aromatic rings. The van der Waals surface area contributed by atoms with Crippen molar-refractivity contribution in [2.75, 3.05) is 5.73 Å². The van der Waals surface area contributed by atoms with Crippen LogP contribution in [0.1, 0.15) is 27.3 Å². The summed E-state index contributed by atoms with van der Waals surface area (Å²) < 4.78 is 6.82. The Balaban J connectivity index is 1.91. The number of aromatic nitrogens is 2. The number of nitrogen functional groups attached to an aromatic ring is 1. The molecule has 0 bridgehead atoms. The molecule has 0 atom stereocenters. The number of hydrogen-bond donors (Lipinski definition) is 1. The molecular formula is C19H15N5O4. The van der Waals surface area contributed by atoms with Gasteiger partial charge in [0.15, 0.2) is 0 Å². The second-order valence-corrected chi connectivity index (χ2v) is 5.87.